The topological polar surface area (TPSA) is 109 Å². The van der Waals surface area contributed by atoms with E-state index in [9.17, 15) is 23.6 Å². The number of nitrogens with zero attached hydrogens (tertiary/aromatic N) is 3. The SMILES string of the molecule is CC(=O)N(c1nc(COC(=O)CN2C(=O)NC3(CCC(C)CC3)C2=O)cs1)c1ccccc1F. The zero-order valence-electron chi connectivity index (χ0n) is 18.9. The molecular weight excluding hydrogens is 463 g/mol. The van der Waals surface area contributed by atoms with Crippen molar-refractivity contribution in [2.45, 2.75) is 51.7 Å². The van der Waals surface area contributed by atoms with Crippen LogP contribution in [-0.2, 0) is 25.7 Å². The van der Waals surface area contributed by atoms with Gasteiger partial charge in [-0.15, -0.1) is 11.3 Å². The predicted molar refractivity (Wildman–Crippen MR) is 122 cm³/mol. The summed E-state index contributed by atoms with van der Waals surface area (Å²) >= 11 is 1.10. The van der Waals surface area contributed by atoms with Crippen molar-refractivity contribution in [1.29, 1.82) is 0 Å². The zero-order valence-corrected chi connectivity index (χ0v) is 19.7. The number of carbonyl (C=O) groups is 4. The zero-order chi connectivity index (χ0) is 24.5. The van der Waals surface area contributed by atoms with Gasteiger partial charge in [-0.25, -0.2) is 14.2 Å². The minimum absolute atomic E-state index is 0.0671. The number of halogens is 1. The summed E-state index contributed by atoms with van der Waals surface area (Å²) in [7, 11) is 0. The molecule has 0 unspecified atom stereocenters. The normalized spacial score (nSPS) is 22.1. The van der Waals surface area contributed by atoms with Crippen molar-refractivity contribution < 1.29 is 28.3 Å². The molecule has 1 aromatic carbocycles. The van der Waals surface area contributed by atoms with Crippen molar-refractivity contribution in [2.75, 3.05) is 11.4 Å². The van der Waals surface area contributed by atoms with Gasteiger partial charge in [-0.2, -0.15) is 0 Å². The number of imide groups is 1. The third-order valence-electron chi connectivity index (χ3n) is 6.18. The summed E-state index contributed by atoms with van der Waals surface area (Å²) in [6.07, 6.45) is 2.78. The van der Waals surface area contributed by atoms with Crippen LogP contribution < -0.4 is 10.2 Å². The quantitative estimate of drug-likeness (QED) is 0.492. The van der Waals surface area contributed by atoms with E-state index >= 15 is 0 Å². The number of nitrogens with one attached hydrogen (secondary N) is 1. The fourth-order valence-corrected chi connectivity index (χ4v) is 5.11. The van der Waals surface area contributed by atoms with Gasteiger partial charge in [-0.05, 0) is 43.7 Å². The Labute approximate surface area is 199 Å². The first-order valence-corrected chi connectivity index (χ1v) is 11.9. The van der Waals surface area contributed by atoms with Crippen molar-refractivity contribution in [2.24, 2.45) is 5.92 Å². The predicted octanol–water partition coefficient (Wildman–Crippen LogP) is 3.51. The number of aromatic nitrogens is 1. The van der Waals surface area contributed by atoms with Gasteiger partial charge < -0.3 is 10.1 Å². The summed E-state index contributed by atoms with van der Waals surface area (Å²) in [6, 6.07) is 5.25. The molecule has 34 heavy (non-hydrogen) atoms. The molecule has 1 spiro atoms. The third kappa shape index (κ3) is 4.65. The van der Waals surface area contributed by atoms with E-state index in [0.29, 0.717) is 24.5 Å². The maximum atomic E-state index is 14.2. The summed E-state index contributed by atoms with van der Waals surface area (Å²) in [4.78, 5) is 56.1. The van der Waals surface area contributed by atoms with Crippen LogP contribution in [-0.4, -0.2) is 45.8 Å². The van der Waals surface area contributed by atoms with E-state index in [1.807, 2.05) is 0 Å². The number of urea groups is 1. The van der Waals surface area contributed by atoms with Crippen LogP contribution in [0.3, 0.4) is 0 Å². The molecule has 2 aliphatic rings. The summed E-state index contributed by atoms with van der Waals surface area (Å²) in [5, 5.41) is 4.58. The fraction of sp³-hybridized carbons (Fsp3) is 0.435. The van der Waals surface area contributed by atoms with Gasteiger partial charge in [-0.3, -0.25) is 24.2 Å². The first kappa shape index (κ1) is 23.8. The molecule has 180 valence electrons. The van der Waals surface area contributed by atoms with Crippen LogP contribution in [0.2, 0.25) is 0 Å². The van der Waals surface area contributed by atoms with Gasteiger partial charge in [0.15, 0.2) is 5.13 Å². The van der Waals surface area contributed by atoms with E-state index < -0.39 is 35.8 Å². The van der Waals surface area contributed by atoms with Crippen LogP contribution in [0, 0.1) is 11.7 Å². The van der Waals surface area contributed by atoms with Gasteiger partial charge in [-0.1, -0.05) is 19.1 Å². The number of carbonyl (C=O) groups excluding carboxylic acids is 4. The van der Waals surface area contributed by atoms with Gasteiger partial charge in [0, 0.05) is 12.3 Å². The molecule has 1 N–H and O–H groups in total. The smallest absolute Gasteiger partial charge is 0.326 e. The van der Waals surface area contributed by atoms with Crippen LogP contribution in [0.25, 0.3) is 0 Å². The molecule has 11 heteroatoms. The minimum Gasteiger partial charge on any atom is -0.458 e. The lowest BCUT2D eigenvalue weighted by atomic mass is 9.77. The highest BCUT2D eigenvalue weighted by molar-refractivity contribution is 7.14. The van der Waals surface area contributed by atoms with Gasteiger partial charge in [0.05, 0.1) is 11.4 Å². The average Bonchev–Trinajstić information content (AvgIpc) is 3.34. The largest absolute Gasteiger partial charge is 0.458 e. The Bertz CT molecular complexity index is 1130. The highest BCUT2D eigenvalue weighted by Gasteiger charge is 2.52. The molecule has 4 amide bonds. The standard InChI is InChI=1S/C23H25FN4O5S/c1-14-7-9-23(10-8-14)20(31)27(21(32)26-23)11-19(30)33-12-16-13-34-22(25-16)28(15(2)29)18-6-4-3-5-17(18)24/h3-6,13-14H,7-12H2,1-2H3,(H,26,32). The molecule has 1 aromatic heterocycles. The van der Waals surface area contributed by atoms with Gasteiger partial charge in [0.2, 0.25) is 5.91 Å². The lowest BCUT2D eigenvalue weighted by molar-refractivity contribution is -0.149. The lowest BCUT2D eigenvalue weighted by Crippen LogP contribution is -2.49. The number of para-hydroxylation sites is 1. The van der Waals surface area contributed by atoms with E-state index in [2.05, 4.69) is 17.2 Å². The Morgan fingerprint density at radius 3 is 2.68 bits per heavy atom. The van der Waals surface area contributed by atoms with Crippen molar-refractivity contribution in [3.05, 3.63) is 41.2 Å². The molecule has 9 nitrogen and oxygen atoms in total. The summed E-state index contributed by atoms with van der Waals surface area (Å²) < 4.78 is 19.4. The van der Waals surface area contributed by atoms with Crippen molar-refractivity contribution in [3.8, 4) is 0 Å². The fourth-order valence-electron chi connectivity index (χ4n) is 4.25. The van der Waals surface area contributed by atoms with Crippen molar-refractivity contribution in [3.63, 3.8) is 0 Å². The van der Waals surface area contributed by atoms with Crippen LogP contribution in [0.4, 0.5) is 20.0 Å². The molecule has 1 saturated carbocycles. The third-order valence-corrected chi connectivity index (χ3v) is 7.06. The van der Waals surface area contributed by atoms with E-state index in [1.54, 1.807) is 11.4 Å². The number of hydrogen-bond acceptors (Lipinski definition) is 7. The van der Waals surface area contributed by atoms with Crippen molar-refractivity contribution in [1.82, 2.24) is 15.2 Å². The summed E-state index contributed by atoms with van der Waals surface area (Å²) in [5.74, 6) is -1.64. The Morgan fingerprint density at radius 1 is 1.29 bits per heavy atom. The number of rotatable bonds is 6. The molecule has 0 radical (unpaired) electrons. The Kier molecular flexibility index (Phi) is 6.65. The Hall–Kier alpha value is -3.34. The molecule has 0 atom stereocenters. The van der Waals surface area contributed by atoms with Gasteiger partial charge >= 0.3 is 12.0 Å². The Balaban J connectivity index is 1.37. The van der Waals surface area contributed by atoms with E-state index in [4.69, 9.17) is 4.74 Å². The highest BCUT2D eigenvalue weighted by Crippen LogP contribution is 2.36. The van der Waals surface area contributed by atoms with Gasteiger partial charge in [0.25, 0.3) is 5.91 Å². The second-order valence-electron chi connectivity index (χ2n) is 8.67. The van der Waals surface area contributed by atoms with E-state index in [-0.39, 0.29) is 23.3 Å². The number of ether oxygens (including phenoxy) is 1. The monoisotopic (exact) mass is 488 g/mol. The second-order valence-corrected chi connectivity index (χ2v) is 9.51. The molecule has 1 saturated heterocycles. The summed E-state index contributed by atoms with van der Waals surface area (Å²) in [6.45, 7) is 2.70. The molecule has 1 aliphatic heterocycles. The maximum absolute atomic E-state index is 14.2. The number of hydrogen-bond donors (Lipinski definition) is 1. The maximum Gasteiger partial charge on any atom is 0.326 e. The molecule has 1 aliphatic carbocycles. The molecule has 4 rings (SSSR count). The van der Waals surface area contributed by atoms with E-state index in [0.717, 1.165) is 34.0 Å². The van der Waals surface area contributed by atoms with Crippen LogP contribution in [0.15, 0.2) is 29.6 Å². The van der Waals surface area contributed by atoms with Gasteiger partial charge in [0.1, 0.15) is 24.5 Å². The number of anilines is 2. The first-order chi connectivity index (χ1) is 16.2. The minimum atomic E-state index is -0.920. The first-order valence-electron chi connectivity index (χ1n) is 11.0. The second kappa shape index (κ2) is 9.49. The molecule has 2 heterocycles. The number of benzene rings is 1. The molecular formula is C23H25FN4O5S. The van der Waals surface area contributed by atoms with Crippen LogP contribution in [0.5, 0.6) is 0 Å². The Morgan fingerprint density at radius 2 is 2.00 bits per heavy atom. The van der Waals surface area contributed by atoms with Crippen LogP contribution >= 0.6 is 11.3 Å². The molecule has 2 aromatic rings. The number of amides is 4. The average molecular weight is 489 g/mol. The lowest BCUT2D eigenvalue weighted by Gasteiger charge is -2.33. The van der Waals surface area contributed by atoms with Crippen molar-refractivity contribution >= 4 is 46.0 Å². The number of thiazole rings is 1. The molecule has 2 fully saturated rings. The molecule has 0 bridgehead atoms. The highest BCUT2D eigenvalue weighted by atomic mass is 32.1. The van der Waals surface area contributed by atoms with E-state index in [1.165, 1.54) is 25.1 Å². The van der Waals surface area contributed by atoms with Crippen LogP contribution in [0.1, 0.15) is 45.2 Å². The summed E-state index contributed by atoms with van der Waals surface area (Å²) in [5.41, 5.74) is -0.500. The number of esters is 1.